The standard InChI is InChI=1S/C18H18BrNO3/c1-12(23-14-8-6-13(19)7-9-14)18(21)20-16-10-11-22-17-5-3-2-4-15(16)17/h2-9,12,16H,10-11H2,1H3,(H,20,21)/t12-,16-/m1/s1. The fraction of sp³-hybridized carbons (Fsp3) is 0.278. The van der Waals surface area contributed by atoms with Crippen LogP contribution in [-0.2, 0) is 4.79 Å². The van der Waals surface area contributed by atoms with Gasteiger partial charge in [0, 0.05) is 16.5 Å². The van der Waals surface area contributed by atoms with E-state index in [0.29, 0.717) is 12.4 Å². The molecule has 2 atom stereocenters. The smallest absolute Gasteiger partial charge is 0.261 e. The number of para-hydroxylation sites is 1. The van der Waals surface area contributed by atoms with Crippen LogP contribution in [0.5, 0.6) is 11.5 Å². The summed E-state index contributed by atoms with van der Waals surface area (Å²) in [4.78, 5) is 12.4. The number of fused-ring (bicyclic) bond motifs is 1. The van der Waals surface area contributed by atoms with Crippen molar-refractivity contribution in [1.29, 1.82) is 0 Å². The number of carbonyl (C=O) groups is 1. The Hall–Kier alpha value is -2.01. The van der Waals surface area contributed by atoms with Crippen molar-refractivity contribution in [1.82, 2.24) is 5.32 Å². The average Bonchev–Trinajstić information content (AvgIpc) is 2.57. The van der Waals surface area contributed by atoms with Crippen LogP contribution in [0.3, 0.4) is 0 Å². The van der Waals surface area contributed by atoms with Gasteiger partial charge in [-0.3, -0.25) is 4.79 Å². The molecule has 0 saturated carbocycles. The lowest BCUT2D eigenvalue weighted by molar-refractivity contribution is -0.128. The van der Waals surface area contributed by atoms with Gasteiger partial charge in [-0.2, -0.15) is 0 Å². The molecule has 2 aromatic rings. The third-order valence-electron chi connectivity index (χ3n) is 3.77. The Bertz CT molecular complexity index is 687. The molecular formula is C18H18BrNO3. The highest BCUT2D eigenvalue weighted by atomic mass is 79.9. The first-order valence-electron chi connectivity index (χ1n) is 7.58. The summed E-state index contributed by atoms with van der Waals surface area (Å²) in [6, 6.07) is 15.2. The first kappa shape index (κ1) is 15.9. The van der Waals surface area contributed by atoms with E-state index in [2.05, 4.69) is 21.2 Å². The van der Waals surface area contributed by atoms with Gasteiger partial charge < -0.3 is 14.8 Å². The summed E-state index contributed by atoms with van der Waals surface area (Å²) in [7, 11) is 0. The van der Waals surface area contributed by atoms with Crippen LogP contribution in [0.15, 0.2) is 53.0 Å². The maximum atomic E-state index is 12.4. The molecule has 0 aromatic heterocycles. The normalized spacial score (nSPS) is 17.6. The first-order chi connectivity index (χ1) is 11.1. The zero-order chi connectivity index (χ0) is 16.2. The van der Waals surface area contributed by atoms with Gasteiger partial charge in [-0.15, -0.1) is 0 Å². The summed E-state index contributed by atoms with van der Waals surface area (Å²) >= 11 is 3.38. The Morgan fingerprint density at radius 3 is 2.78 bits per heavy atom. The van der Waals surface area contributed by atoms with Crippen LogP contribution >= 0.6 is 15.9 Å². The number of ether oxygens (including phenoxy) is 2. The van der Waals surface area contributed by atoms with Crippen molar-refractivity contribution >= 4 is 21.8 Å². The van der Waals surface area contributed by atoms with Crippen LogP contribution in [-0.4, -0.2) is 18.6 Å². The van der Waals surface area contributed by atoms with Crippen LogP contribution in [0.4, 0.5) is 0 Å². The van der Waals surface area contributed by atoms with Crippen LogP contribution < -0.4 is 14.8 Å². The molecule has 0 unspecified atom stereocenters. The minimum absolute atomic E-state index is 0.0385. The number of carbonyl (C=O) groups excluding carboxylic acids is 1. The second-order valence-electron chi connectivity index (χ2n) is 5.45. The quantitative estimate of drug-likeness (QED) is 0.882. The van der Waals surface area contributed by atoms with E-state index in [1.807, 2.05) is 48.5 Å². The predicted octanol–water partition coefficient (Wildman–Crippen LogP) is 3.86. The maximum Gasteiger partial charge on any atom is 0.261 e. The van der Waals surface area contributed by atoms with E-state index in [9.17, 15) is 4.79 Å². The molecule has 1 amide bonds. The van der Waals surface area contributed by atoms with Gasteiger partial charge in [-0.25, -0.2) is 0 Å². The molecule has 5 heteroatoms. The Morgan fingerprint density at radius 1 is 1.26 bits per heavy atom. The summed E-state index contributed by atoms with van der Waals surface area (Å²) in [5, 5.41) is 3.05. The van der Waals surface area contributed by atoms with E-state index in [-0.39, 0.29) is 11.9 Å². The summed E-state index contributed by atoms with van der Waals surface area (Å²) in [6.45, 7) is 2.35. The Balaban J connectivity index is 1.64. The summed E-state index contributed by atoms with van der Waals surface area (Å²) in [5.74, 6) is 1.38. The Kier molecular flexibility index (Phi) is 4.86. The highest BCUT2D eigenvalue weighted by Crippen LogP contribution is 2.31. The minimum atomic E-state index is -0.564. The van der Waals surface area contributed by atoms with E-state index in [1.165, 1.54) is 0 Å². The van der Waals surface area contributed by atoms with E-state index in [1.54, 1.807) is 6.92 Å². The molecule has 2 aromatic carbocycles. The lowest BCUT2D eigenvalue weighted by atomic mass is 10.0. The lowest BCUT2D eigenvalue weighted by Crippen LogP contribution is -2.40. The molecule has 1 heterocycles. The molecule has 0 fully saturated rings. The van der Waals surface area contributed by atoms with Gasteiger partial charge in [0.25, 0.3) is 5.91 Å². The molecule has 23 heavy (non-hydrogen) atoms. The van der Waals surface area contributed by atoms with Gasteiger partial charge in [-0.1, -0.05) is 34.1 Å². The van der Waals surface area contributed by atoms with Crippen molar-refractivity contribution in [3.05, 3.63) is 58.6 Å². The van der Waals surface area contributed by atoms with Crippen molar-refractivity contribution in [3.63, 3.8) is 0 Å². The van der Waals surface area contributed by atoms with Gasteiger partial charge >= 0.3 is 0 Å². The van der Waals surface area contributed by atoms with Crippen LogP contribution in [0.25, 0.3) is 0 Å². The van der Waals surface area contributed by atoms with Gasteiger partial charge in [0.05, 0.1) is 12.6 Å². The summed E-state index contributed by atoms with van der Waals surface area (Å²) in [6.07, 6.45) is 0.194. The number of amides is 1. The lowest BCUT2D eigenvalue weighted by Gasteiger charge is -2.27. The van der Waals surface area contributed by atoms with E-state index >= 15 is 0 Å². The van der Waals surface area contributed by atoms with E-state index in [4.69, 9.17) is 9.47 Å². The molecule has 0 radical (unpaired) electrons. The topological polar surface area (TPSA) is 47.6 Å². The number of benzene rings is 2. The van der Waals surface area contributed by atoms with Gasteiger partial charge in [0.2, 0.25) is 0 Å². The van der Waals surface area contributed by atoms with Crippen LogP contribution in [0.1, 0.15) is 24.9 Å². The van der Waals surface area contributed by atoms with Crippen molar-refractivity contribution in [2.24, 2.45) is 0 Å². The number of hydrogen-bond acceptors (Lipinski definition) is 3. The summed E-state index contributed by atoms with van der Waals surface area (Å²) < 4.78 is 12.3. The maximum absolute atomic E-state index is 12.4. The summed E-state index contributed by atoms with van der Waals surface area (Å²) in [5.41, 5.74) is 1.02. The van der Waals surface area contributed by atoms with E-state index in [0.717, 1.165) is 22.2 Å². The molecule has 1 aliphatic rings. The van der Waals surface area contributed by atoms with Gasteiger partial charge in [0.1, 0.15) is 11.5 Å². The molecule has 0 aliphatic carbocycles. The molecule has 0 spiro atoms. The SMILES string of the molecule is C[C@@H](Oc1ccc(Br)cc1)C(=O)N[C@@H]1CCOc2ccccc21. The predicted molar refractivity (Wildman–Crippen MR) is 91.7 cm³/mol. The molecule has 0 saturated heterocycles. The van der Waals surface area contributed by atoms with Crippen molar-refractivity contribution in [2.75, 3.05) is 6.61 Å². The average molecular weight is 376 g/mol. The minimum Gasteiger partial charge on any atom is -0.493 e. The Labute approximate surface area is 143 Å². The molecule has 1 aliphatic heterocycles. The second kappa shape index (κ2) is 7.04. The molecule has 120 valence electrons. The van der Waals surface area contributed by atoms with Crippen molar-refractivity contribution in [2.45, 2.75) is 25.5 Å². The number of nitrogens with one attached hydrogen (secondary N) is 1. The van der Waals surface area contributed by atoms with Crippen molar-refractivity contribution in [3.8, 4) is 11.5 Å². The molecular weight excluding hydrogens is 358 g/mol. The van der Waals surface area contributed by atoms with Gasteiger partial charge in [0.15, 0.2) is 6.10 Å². The molecule has 1 N–H and O–H groups in total. The Morgan fingerprint density at radius 2 is 2.00 bits per heavy atom. The highest BCUT2D eigenvalue weighted by molar-refractivity contribution is 9.10. The molecule has 3 rings (SSSR count). The number of hydrogen-bond donors (Lipinski definition) is 1. The molecule has 4 nitrogen and oxygen atoms in total. The van der Waals surface area contributed by atoms with Crippen molar-refractivity contribution < 1.29 is 14.3 Å². The zero-order valence-corrected chi connectivity index (χ0v) is 14.4. The second-order valence-corrected chi connectivity index (χ2v) is 6.37. The van der Waals surface area contributed by atoms with Gasteiger partial charge in [-0.05, 0) is 37.3 Å². The fourth-order valence-electron chi connectivity index (χ4n) is 2.55. The largest absolute Gasteiger partial charge is 0.493 e. The monoisotopic (exact) mass is 375 g/mol. The highest BCUT2D eigenvalue weighted by Gasteiger charge is 2.25. The fourth-order valence-corrected chi connectivity index (χ4v) is 2.82. The van der Waals surface area contributed by atoms with Crippen LogP contribution in [0, 0.1) is 0 Å². The third-order valence-corrected chi connectivity index (χ3v) is 4.30. The third kappa shape index (κ3) is 3.85. The molecule has 0 bridgehead atoms. The first-order valence-corrected chi connectivity index (χ1v) is 8.37. The van der Waals surface area contributed by atoms with E-state index < -0.39 is 6.10 Å². The zero-order valence-electron chi connectivity index (χ0n) is 12.8. The van der Waals surface area contributed by atoms with Crippen LogP contribution in [0.2, 0.25) is 0 Å². The number of rotatable bonds is 4. The number of halogens is 1.